The zero-order valence-electron chi connectivity index (χ0n) is 5.46. The smallest absolute Gasteiger partial charge is 0.146 e. The summed E-state index contributed by atoms with van der Waals surface area (Å²) in [6.07, 6.45) is 0. The van der Waals surface area contributed by atoms with Crippen molar-refractivity contribution in [1.82, 2.24) is 0 Å². The molecule has 0 heterocycles. The molecule has 0 amide bonds. The lowest BCUT2D eigenvalue weighted by molar-refractivity contribution is 0.476. The van der Waals surface area contributed by atoms with E-state index in [1.807, 2.05) is 0 Å². The Bertz CT molecular complexity index is 235. The van der Waals surface area contributed by atoms with Gasteiger partial charge in [-0.25, -0.2) is 0 Å². The van der Waals surface area contributed by atoms with E-state index >= 15 is 0 Å². The van der Waals surface area contributed by atoms with Gasteiger partial charge in [-0.2, -0.15) is 0 Å². The number of hydrogen-bond acceptors (Lipinski definition) is 3. The molecular weight excluding hydrogens is 128 g/mol. The Morgan fingerprint density at radius 2 is 2.30 bits per heavy atom. The largest absolute Gasteiger partial charge is 0.505 e. The van der Waals surface area contributed by atoms with E-state index in [0.29, 0.717) is 12.2 Å². The second kappa shape index (κ2) is 2.58. The highest BCUT2D eigenvalue weighted by molar-refractivity contribution is 5.52. The highest BCUT2D eigenvalue weighted by Gasteiger charge is 1.96. The van der Waals surface area contributed by atoms with Gasteiger partial charge in [0.2, 0.25) is 0 Å². The Labute approximate surface area is 59.3 Å². The summed E-state index contributed by atoms with van der Waals surface area (Å²) in [4.78, 5) is 0. The molecule has 1 aromatic carbocycles. The molecule has 3 nitrogen and oxygen atoms in total. The maximum Gasteiger partial charge on any atom is 0.146 e. The number of nitrogen functional groups attached to an aromatic ring is 1. The highest BCUT2D eigenvalue weighted by Crippen LogP contribution is 2.18. The topological polar surface area (TPSA) is 72.3 Å². The van der Waals surface area contributed by atoms with Gasteiger partial charge in [0, 0.05) is 12.6 Å². The monoisotopic (exact) mass is 137 g/mol. The van der Waals surface area contributed by atoms with Crippen LogP contribution in [0.2, 0.25) is 0 Å². The van der Waals surface area contributed by atoms with Gasteiger partial charge in [0.25, 0.3) is 0 Å². The van der Waals surface area contributed by atoms with Crippen molar-refractivity contribution in [3.05, 3.63) is 23.8 Å². The van der Waals surface area contributed by atoms with E-state index in [0.717, 1.165) is 5.56 Å². The van der Waals surface area contributed by atoms with E-state index in [9.17, 15) is 0 Å². The Kier molecular flexibility index (Phi) is 1.78. The van der Waals surface area contributed by atoms with E-state index in [2.05, 4.69) is 6.07 Å². The lowest BCUT2D eigenvalue weighted by Crippen LogP contribution is -1.97. The first-order chi connectivity index (χ1) is 4.74. The fraction of sp³-hybridized carbons (Fsp3) is 0.143. The van der Waals surface area contributed by atoms with Crippen molar-refractivity contribution in [2.24, 2.45) is 5.73 Å². The van der Waals surface area contributed by atoms with E-state index < -0.39 is 0 Å². The van der Waals surface area contributed by atoms with Gasteiger partial charge in [0.15, 0.2) is 0 Å². The minimum Gasteiger partial charge on any atom is -0.505 e. The van der Waals surface area contributed by atoms with Crippen molar-refractivity contribution in [3.63, 3.8) is 0 Å². The third-order valence-corrected chi connectivity index (χ3v) is 1.24. The SMILES string of the molecule is NCc1c[c]c(O)c(N)c1. The van der Waals surface area contributed by atoms with E-state index in [1.54, 1.807) is 12.1 Å². The van der Waals surface area contributed by atoms with Crippen molar-refractivity contribution >= 4 is 5.69 Å². The zero-order chi connectivity index (χ0) is 7.56. The third-order valence-electron chi connectivity index (χ3n) is 1.24. The molecule has 10 heavy (non-hydrogen) atoms. The zero-order valence-corrected chi connectivity index (χ0v) is 5.46. The van der Waals surface area contributed by atoms with Crippen LogP contribution >= 0.6 is 0 Å². The summed E-state index contributed by atoms with van der Waals surface area (Å²) in [6, 6.07) is 5.82. The second-order valence-corrected chi connectivity index (χ2v) is 2.02. The molecule has 0 aliphatic carbocycles. The summed E-state index contributed by atoms with van der Waals surface area (Å²) in [7, 11) is 0. The van der Waals surface area contributed by atoms with Gasteiger partial charge in [-0.1, -0.05) is 0 Å². The predicted molar refractivity (Wildman–Crippen MR) is 39.2 cm³/mol. The Hall–Kier alpha value is -1.22. The molecule has 1 aromatic rings. The van der Waals surface area contributed by atoms with Gasteiger partial charge in [-0.05, 0) is 17.7 Å². The summed E-state index contributed by atoms with van der Waals surface area (Å²) in [6.45, 7) is 0.418. The predicted octanol–water partition coefficient (Wildman–Crippen LogP) is 0.233. The van der Waals surface area contributed by atoms with Gasteiger partial charge in [0.1, 0.15) is 5.75 Å². The second-order valence-electron chi connectivity index (χ2n) is 2.02. The number of aromatic hydroxyl groups is 1. The van der Waals surface area contributed by atoms with Crippen LogP contribution in [0.15, 0.2) is 12.1 Å². The van der Waals surface area contributed by atoms with Gasteiger partial charge in [-0.15, -0.1) is 0 Å². The standard InChI is InChI=1S/C7H9N2O/c8-4-5-1-2-7(10)6(9)3-5/h1,3,10H,4,8-9H2. The van der Waals surface area contributed by atoms with Crippen LogP contribution in [0.4, 0.5) is 5.69 Å². The number of hydrogen-bond donors (Lipinski definition) is 3. The van der Waals surface area contributed by atoms with Crippen LogP contribution in [0, 0.1) is 6.07 Å². The highest BCUT2D eigenvalue weighted by atomic mass is 16.3. The maximum absolute atomic E-state index is 8.92. The number of phenolic OH excluding ortho intramolecular Hbond substituents is 1. The van der Waals surface area contributed by atoms with Crippen molar-refractivity contribution < 1.29 is 5.11 Å². The molecule has 0 unspecified atom stereocenters. The van der Waals surface area contributed by atoms with Crippen molar-refractivity contribution in [1.29, 1.82) is 0 Å². The summed E-state index contributed by atoms with van der Waals surface area (Å²) in [5.41, 5.74) is 11.9. The first-order valence-electron chi connectivity index (χ1n) is 2.93. The minimum absolute atomic E-state index is 0.0165. The lowest BCUT2D eigenvalue weighted by Gasteiger charge is -1.99. The summed E-state index contributed by atoms with van der Waals surface area (Å²) >= 11 is 0. The minimum atomic E-state index is -0.0165. The maximum atomic E-state index is 8.92. The number of phenols is 1. The van der Waals surface area contributed by atoms with Crippen molar-refractivity contribution in [2.45, 2.75) is 6.54 Å². The van der Waals surface area contributed by atoms with Crippen LogP contribution < -0.4 is 11.5 Å². The van der Waals surface area contributed by atoms with E-state index in [1.165, 1.54) is 0 Å². The first kappa shape index (κ1) is 6.89. The Balaban J connectivity index is 3.04. The molecule has 0 aliphatic rings. The molecule has 0 atom stereocenters. The summed E-state index contributed by atoms with van der Waals surface area (Å²) in [5.74, 6) is -0.0165. The third kappa shape index (κ3) is 1.19. The average molecular weight is 137 g/mol. The van der Waals surface area contributed by atoms with Gasteiger partial charge in [0.05, 0.1) is 5.69 Å². The molecule has 5 N–H and O–H groups in total. The number of benzene rings is 1. The molecular formula is C7H9N2O. The number of anilines is 1. The average Bonchev–Trinajstić information content (AvgIpc) is 1.95. The van der Waals surface area contributed by atoms with Crippen LogP contribution in [0.3, 0.4) is 0 Å². The van der Waals surface area contributed by atoms with Crippen molar-refractivity contribution in [3.8, 4) is 5.75 Å². The molecule has 0 aliphatic heterocycles. The fourth-order valence-electron chi connectivity index (χ4n) is 0.672. The van der Waals surface area contributed by atoms with Crippen LogP contribution in [-0.4, -0.2) is 5.11 Å². The lowest BCUT2D eigenvalue weighted by atomic mass is 10.2. The van der Waals surface area contributed by atoms with Crippen LogP contribution in [-0.2, 0) is 6.54 Å². The number of rotatable bonds is 1. The van der Waals surface area contributed by atoms with Gasteiger partial charge < -0.3 is 16.6 Å². The Morgan fingerprint density at radius 1 is 1.60 bits per heavy atom. The molecule has 3 heteroatoms. The van der Waals surface area contributed by atoms with Crippen LogP contribution in [0.5, 0.6) is 5.75 Å². The molecule has 0 aromatic heterocycles. The molecule has 53 valence electrons. The molecule has 0 saturated carbocycles. The fourth-order valence-corrected chi connectivity index (χ4v) is 0.672. The molecule has 0 fully saturated rings. The van der Waals surface area contributed by atoms with Gasteiger partial charge in [-0.3, -0.25) is 0 Å². The molecule has 0 saturated heterocycles. The molecule has 0 bridgehead atoms. The van der Waals surface area contributed by atoms with E-state index in [-0.39, 0.29) is 5.75 Å². The van der Waals surface area contributed by atoms with Crippen LogP contribution in [0.25, 0.3) is 0 Å². The van der Waals surface area contributed by atoms with Gasteiger partial charge >= 0.3 is 0 Å². The quantitative estimate of drug-likeness (QED) is 0.383. The van der Waals surface area contributed by atoms with Crippen molar-refractivity contribution in [2.75, 3.05) is 5.73 Å². The first-order valence-corrected chi connectivity index (χ1v) is 2.93. The molecule has 1 rings (SSSR count). The van der Waals surface area contributed by atoms with E-state index in [4.69, 9.17) is 16.6 Å². The van der Waals surface area contributed by atoms with Crippen LogP contribution in [0.1, 0.15) is 5.56 Å². The molecule has 1 radical (unpaired) electrons. The summed E-state index contributed by atoms with van der Waals surface area (Å²) in [5, 5.41) is 8.92. The normalized spacial score (nSPS) is 9.70. The Morgan fingerprint density at radius 3 is 2.80 bits per heavy atom. The number of nitrogens with two attached hydrogens (primary N) is 2. The molecule has 0 spiro atoms. The summed E-state index contributed by atoms with van der Waals surface area (Å²) < 4.78 is 0.